The van der Waals surface area contributed by atoms with E-state index in [2.05, 4.69) is 10.6 Å². The van der Waals surface area contributed by atoms with E-state index in [0.717, 1.165) is 10.1 Å². The Morgan fingerprint density at radius 2 is 1.88 bits per heavy atom. The van der Waals surface area contributed by atoms with Crippen molar-refractivity contribution in [3.05, 3.63) is 57.9 Å². The van der Waals surface area contributed by atoms with Crippen LogP contribution in [0.5, 0.6) is 5.75 Å². The molecule has 166 valence electrons. The summed E-state index contributed by atoms with van der Waals surface area (Å²) in [5, 5.41) is 6.89. The van der Waals surface area contributed by atoms with E-state index in [1.807, 2.05) is 12.1 Å². The maximum atomic E-state index is 12.7. The number of morpholine rings is 1. The first-order chi connectivity index (χ1) is 15.5. The Kier molecular flexibility index (Phi) is 6.90. The van der Waals surface area contributed by atoms with Crippen molar-refractivity contribution in [2.24, 2.45) is 0 Å². The maximum Gasteiger partial charge on any atom is 0.269 e. The predicted octanol–water partition coefficient (Wildman–Crippen LogP) is 4.16. The van der Waals surface area contributed by atoms with Gasteiger partial charge in [0.15, 0.2) is 5.11 Å². The van der Waals surface area contributed by atoms with E-state index < -0.39 is 5.91 Å². The van der Waals surface area contributed by atoms with Gasteiger partial charge in [0.1, 0.15) is 10.6 Å². The monoisotopic (exact) mass is 489 g/mol. The molecule has 0 saturated carbocycles. The molecule has 32 heavy (non-hydrogen) atoms. The first-order valence-electron chi connectivity index (χ1n) is 9.81. The molecule has 2 N–H and O–H groups in total. The zero-order chi connectivity index (χ0) is 22.7. The number of carbonyl (C=O) groups excluding carboxylic acids is 2. The van der Waals surface area contributed by atoms with E-state index in [4.69, 9.17) is 33.3 Å². The smallest absolute Gasteiger partial charge is 0.269 e. The molecule has 0 bridgehead atoms. The number of ether oxygens (including phenoxy) is 2. The number of methoxy groups -OCH3 is 1. The third kappa shape index (κ3) is 4.86. The van der Waals surface area contributed by atoms with Crippen molar-refractivity contribution >= 4 is 67.9 Å². The molecule has 1 aliphatic rings. The summed E-state index contributed by atoms with van der Waals surface area (Å²) >= 11 is 12.9. The van der Waals surface area contributed by atoms with Crippen molar-refractivity contribution in [1.82, 2.24) is 10.2 Å². The van der Waals surface area contributed by atoms with Crippen molar-refractivity contribution in [2.45, 2.75) is 0 Å². The van der Waals surface area contributed by atoms with Crippen molar-refractivity contribution in [3.63, 3.8) is 0 Å². The Labute approximate surface area is 199 Å². The lowest BCUT2D eigenvalue weighted by atomic mass is 10.1. The van der Waals surface area contributed by atoms with Gasteiger partial charge in [0.2, 0.25) is 0 Å². The average molecular weight is 490 g/mol. The largest absolute Gasteiger partial charge is 0.497 e. The second kappa shape index (κ2) is 9.83. The summed E-state index contributed by atoms with van der Waals surface area (Å²) in [5.41, 5.74) is 1.24. The number of nitrogens with one attached hydrogen (secondary N) is 2. The molecular formula is C22H20ClN3O4S2. The van der Waals surface area contributed by atoms with Gasteiger partial charge in [-0.25, -0.2) is 0 Å². The number of rotatable bonds is 4. The highest BCUT2D eigenvalue weighted by Gasteiger charge is 2.20. The molecule has 1 saturated heterocycles. The molecule has 7 nitrogen and oxygen atoms in total. The molecule has 1 aliphatic heterocycles. The summed E-state index contributed by atoms with van der Waals surface area (Å²) in [7, 11) is 1.58. The Balaban J connectivity index is 1.39. The molecule has 0 radical (unpaired) electrons. The number of hydrogen-bond acceptors (Lipinski definition) is 6. The van der Waals surface area contributed by atoms with Gasteiger partial charge in [-0.1, -0.05) is 11.6 Å². The molecule has 2 amide bonds. The van der Waals surface area contributed by atoms with Crippen molar-refractivity contribution < 1.29 is 19.1 Å². The van der Waals surface area contributed by atoms with Gasteiger partial charge in [0, 0.05) is 34.4 Å². The molecule has 2 aromatic carbocycles. The number of benzene rings is 2. The lowest BCUT2D eigenvalue weighted by Crippen LogP contribution is -2.40. The third-order valence-corrected chi connectivity index (χ3v) is 6.82. The zero-order valence-electron chi connectivity index (χ0n) is 17.1. The number of hydrogen-bond donors (Lipinski definition) is 2. The van der Waals surface area contributed by atoms with E-state index in [1.165, 1.54) is 11.3 Å². The molecule has 3 aromatic rings. The first-order valence-corrected chi connectivity index (χ1v) is 11.4. The van der Waals surface area contributed by atoms with Crippen LogP contribution in [0.1, 0.15) is 20.0 Å². The Bertz CT molecular complexity index is 1170. The second-order valence-electron chi connectivity index (χ2n) is 7.00. The lowest BCUT2D eigenvalue weighted by Gasteiger charge is -2.26. The quantitative estimate of drug-likeness (QED) is 0.536. The van der Waals surface area contributed by atoms with Crippen LogP contribution in [0.25, 0.3) is 10.1 Å². The van der Waals surface area contributed by atoms with Gasteiger partial charge in [0.25, 0.3) is 11.8 Å². The molecule has 2 heterocycles. The van der Waals surface area contributed by atoms with Crippen LogP contribution in [0.2, 0.25) is 5.02 Å². The van der Waals surface area contributed by atoms with Crippen LogP contribution < -0.4 is 15.4 Å². The van der Waals surface area contributed by atoms with Gasteiger partial charge in [-0.3, -0.25) is 14.9 Å². The van der Waals surface area contributed by atoms with Gasteiger partial charge in [0.05, 0.1) is 25.3 Å². The van der Waals surface area contributed by atoms with Gasteiger partial charge in [-0.15, -0.1) is 11.3 Å². The minimum Gasteiger partial charge on any atom is -0.497 e. The van der Waals surface area contributed by atoms with Crippen molar-refractivity contribution in [3.8, 4) is 5.75 Å². The Morgan fingerprint density at radius 1 is 1.16 bits per heavy atom. The fraction of sp³-hybridized carbons (Fsp3) is 0.227. The summed E-state index contributed by atoms with van der Waals surface area (Å²) in [6.07, 6.45) is 0. The zero-order valence-corrected chi connectivity index (χ0v) is 19.5. The van der Waals surface area contributed by atoms with Crippen LogP contribution >= 0.6 is 35.2 Å². The highest BCUT2D eigenvalue weighted by molar-refractivity contribution is 7.80. The van der Waals surface area contributed by atoms with Crippen LogP contribution in [-0.2, 0) is 4.74 Å². The lowest BCUT2D eigenvalue weighted by molar-refractivity contribution is 0.0303. The minimum absolute atomic E-state index is 0.0354. The molecule has 4 rings (SSSR count). The standard InChI is InChI=1S/C22H20ClN3O4S2/c1-29-15-6-7-16-17(12-15)32-19(18(16)23)20(27)25-22(31)24-14-4-2-13(3-5-14)21(28)26-8-10-30-11-9-26/h2-7,12H,8-11H2,1H3,(H2,24,25,27,31). The summed E-state index contributed by atoms with van der Waals surface area (Å²) < 4.78 is 11.4. The summed E-state index contributed by atoms with van der Waals surface area (Å²) in [5.74, 6) is 0.258. The summed E-state index contributed by atoms with van der Waals surface area (Å²) in [6, 6.07) is 12.4. The SMILES string of the molecule is COc1ccc2c(Cl)c(C(=O)NC(=S)Nc3ccc(C(=O)N4CCOCC4)cc3)sc2c1. The second-order valence-corrected chi connectivity index (χ2v) is 8.84. The predicted molar refractivity (Wildman–Crippen MR) is 130 cm³/mol. The number of nitrogens with zero attached hydrogens (tertiary/aromatic N) is 1. The molecule has 1 fully saturated rings. The Hall–Kier alpha value is -2.72. The maximum absolute atomic E-state index is 12.7. The fourth-order valence-corrected chi connectivity index (χ4v) is 4.94. The van der Waals surface area contributed by atoms with E-state index in [0.29, 0.717) is 53.2 Å². The average Bonchev–Trinajstić information content (AvgIpc) is 3.15. The van der Waals surface area contributed by atoms with Gasteiger partial charge in [-0.05, 0) is 54.7 Å². The highest BCUT2D eigenvalue weighted by atomic mass is 35.5. The number of halogens is 1. The van der Waals surface area contributed by atoms with Crippen LogP contribution in [0.15, 0.2) is 42.5 Å². The minimum atomic E-state index is -0.396. The van der Waals surface area contributed by atoms with E-state index in [9.17, 15) is 9.59 Å². The van der Waals surface area contributed by atoms with E-state index in [1.54, 1.807) is 42.3 Å². The molecule has 1 aromatic heterocycles. The van der Waals surface area contributed by atoms with Crippen LogP contribution in [-0.4, -0.2) is 55.2 Å². The van der Waals surface area contributed by atoms with E-state index in [-0.39, 0.29) is 11.0 Å². The third-order valence-electron chi connectivity index (χ3n) is 4.96. The topological polar surface area (TPSA) is 79.9 Å². The van der Waals surface area contributed by atoms with Gasteiger partial charge < -0.3 is 19.7 Å². The number of amides is 2. The molecule has 0 spiro atoms. The van der Waals surface area contributed by atoms with E-state index >= 15 is 0 Å². The van der Waals surface area contributed by atoms with Crippen LogP contribution in [0.3, 0.4) is 0 Å². The van der Waals surface area contributed by atoms with Crippen molar-refractivity contribution in [1.29, 1.82) is 0 Å². The number of thiophene rings is 1. The first kappa shape index (κ1) is 22.5. The summed E-state index contributed by atoms with van der Waals surface area (Å²) in [6.45, 7) is 2.28. The molecule has 0 aliphatic carbocycles. The van der Waals surface area contributed by atoms with Crippen LogP contribution in [0.4, 0.5) is 5.69 Å². The van der Waals surface area contributed by atoms with Gasteiger partial charge in [-0.2, -0.15) is 0 Å². The number of fused-ring (bicyclic) bond motifs is 1. The highest BCUT2D eigenvalue weighted by Crippen LogP contribution is 2.37. The molecular weight excluding hydrogens is 470 g/mol. The van der Waals surface area contributed by atoms with Crippen LogP contribution in [0, 0.1) is 0 Å². The normalized spacial score (nSPS) is 13.6. The molecule has 0 unspecified atom stereocenters. The summed E-state index contributed by atoms with van der Waals surface area (Å²) in [4.78, 5) is 27.4. The number of carbonyl (C=O) groups is 2. The van der Waals surface area contributed by atoms with Gasteiger partial charge >= 0.3 is 0 Å². The number of anilines is 1. The number of thiocarbonyl (C=S) groups is 1. The fourth-order valence-electron chi connectivity index (χ4n) is 3.29. The molecule has 10 heteroatoms. The molecule has 0 atom stereocenters. The Morgan fingerprint density at radius 3 is 2.56 bits per heavy atom. The van der Waals surface area contributed by atoms with Crippen molar-refractivity contribution in [2.75, 3.05) is 38.7 Å².